The minimum absolute atomic E-state index is 0.106. The van der Waals surface area contributed by atoms with Crippen molar-refractivity contribution in [1.29, 1.82) is 0 Å². The average molecular weight is 438 g/mol. The van der Waals surface area contributed by atoms with Crippen LogP contribution in [0.5, 0.6) is 0 Å². The van der Waals surface area contributed by atoms with Crippen molar-refractivity contribution in [2.24, 2.45) is 5.92 Å². The fourth-order valence-corrected chi connectivity index (χ4v) is 4.09. The Bertz CT molecular complexity index is 1080. The van der Waals surface area contributed by atoms with E-state index >= 15 is 0 Å². The van der Waals surface area contributed by atoms with Gasteiger partial charge in [0.15, 0.2) is 0 Å². The lowest BCUT2D eigenvalue weighted by molar-refractivity contribution is 0.0782. The van der Waals surface area contributed by atoms with E-state index in [1.165, 1.54) is 12.1 Å². The molecule has 2 aromatic heterocycles. The van der Waals surface area contributed by atoms with Gasteiger partial charge in [-0.1, -0.05) is 0 Å². The first-order valence-electron chi connectivity index (χ1n) is 10.8. The molecule has 1 atom stereocenters. The van der Waals surface area contributed by atoms with Crippen LogP contribution in [0.3, 0.4) is 0 Å². The summed E-state index contributed by atoms with van der Waals surface area (Å²) < 4.78 is 13.4. The highest BCUT2D eigenvalue weighted by atomic mass is 19.1. The average Bonchev–Trinajstić information content (AvgIpc) is 3.23. The maximum Gasteiger partial charge on any atom is 0.257 e. The predicted molar refractivity (Wildman–Crippen MR) is 121 cm³/mol. The molecule has 0 bridgehead atoms. The standard InChI is InChI=1S/C24H28FN5O2/c1-16-12-26-22(27-16)14-29(2)24(32)20-9-10-21(18-5-7-19(25)8-6-18)28-23(20)30-11-3-4-17(13-30)15-31/h5-10,12,17,31H,3-4,11,13-15H2,1-2H3,(H,26,27). The van der Waals surface area contributed by atoms with Gasteiger partial charge >= 0.3 is 0 Å². The fraction of sp³-hybridized carbons (Fsp3) is 0.375. The molecule has 3 heterocycles. The molecular weight excluding hydrogens is 409 g/mol. The molecule has 7 nitrogen and oxygen atoms in total. The molecular formula is C24H28FN5O2. The van der Waals surface area contributed by atoms with Gasteiger partial charge in [0.25, 0.3) is 5.91 Å². The number of hydrogen-bond donors (Lipinski definition) is 2. The minimum atomic E-state index is -0.308. The molecule has 0 radical (unpaired) electrons. The number of aliphatic hydroxyl groups is 1. The van der Waals surface area contributed by atoms with Gasteiger partial charge < -0.3 is 19.9 Å². The largest absolute Gasteiger partial charge is 0.396 e. The third kappa shape index (κ3) is 4.80. The van der Waals surface area contributed by atoms with Gasteiger partial charge in [-0.15, -0.1) is 0 Å². The smallest absolute Gasteiger partial charge is 0.257 e. The van der Waals surface area contributed by atoms with Crippen molar-refractivity contribution in [3.05, 3.63) is 65.5 Å². The van der Waals surface area contributed by atoms with Gasteiger partial charge in [0.05, 0.1) is 17.8 Å². The minimum Gasteiger partial charge on any atom is -0.396 e. The summed E-state index contributed by atoms with van der Waals surface area (Å²) in [6, 6.07) is 9.75. The zero-order chi connectivity index (χ0) is 22.7. The topological polar surface area (TPSA) is 85.3 Å². The first-order chi connectivity index (χ1) is 15.4. The number of aromatic amines is 1. The Hall–Kier alpha value is -3.26. The third-order valence-electron chi connectivity index (χ3n) is 5.81. The summed E-state index contributed by atoms with van der Waals surface area (Å²) in [4.78, 5) is 29.3. The summed E-state index contributed by atoms with van der Waals surface area (Å²) in [6.07, 6.45) is 3.61. The second kappa shape index (κ2) is 9.48. The Morgan fingerprint density at radius 3 is 2.75 bits per heavy atom. The summed E-state index contributed by atoms with van der Waals surface area (Å²) in [6.45, 7) is 3.78. The number of piperidine rings is 1. The monoisotopic (exact) mass is 437 g/mol. The molecule has 1 aliphatic rings. The van der Waals surface area contributed by atoms with E-state index in [9.17, 15) is 14.3 Å². The molecule has 0 aliphatic carbocycles. The molecule has 2 N–H and O–H groups in total. The van der Waals surface area contributed by atoms with Crippen LogP contribution in [0.4, 0.5) is 10.2 Å². The molecule has 1 fully saturated rings. The molecule has 1 aromatic carbocycles. The normalized spacial score (nSPS) is 16.2. The Morgan fingerprint density at radius 2 is 2.06 bits per heavy atom. The van der Waals surface area contributed by atoms with E-state index in [0.29, 0.717) is 36.0 Å². The Labute approximate surface area is 186 Å². The maximum atomic E-state index is 13.4. The molecule has 4 rings (SSSR count). The van der Waals surface area contributed by atoms with Gasteiger partial charge in [0.2, 0.25) is 0 Å². The summed E-state index contributed by atoms with van der Waals surface area (Å²) in [5, 5.41) is 9.68. The quantitative estimate of drug-likeness (QED) is 0.617. The molecule has 32 heavy (non-hydrogen) atoms. The van der Waals surface area contributed by atoms with E-state index in [-0.39, 0.29) is 24.2 Å². The summed E-state index contributed by atoms with van der Waals surface area (Å²) in [7, 11) is 1.74. The number of hydrogen-bond acceptors (Lipinski definition) is 5. The van der Waals surface area contributed by atoms with Crippen LogP contribution in [0.2, 0.25) is 0 Å². The molecule has 168 valence electrons. The summed E-state index contributed by atoms with van der Waals surface area (Å²) >= 11 is 0. The molecule has 1 aliphatic heterocycles. The van der Waals surface area contributed by atoms with Crippen molar-refractivity contribution in [2.75, 3.05) is 31.6 Å². The van der Waals surface area contributed by atoms with E-state index in [2.05, 4.69) is 14.9 Å². The van der Waals surface area contributed by atoms with E-state index in [0.717, 1.165) is 30.6 Å². The van der Waals surface area contributed by atoms with Gasteiger partial charge in [-0.2, -0.15) is 0 Å². The molecule has 1 unspecified atom stereocenters. The highest BCUT2D eigenvalue weighted by Gasteiger charge is 2.26. The lowest BCUT2D eigenvalue weighted by Gasteiger charge is -2.34. The van der Waals surface area contributed by atoms with Gasteiger partial charge in [0.1, 0.15) is 17.5 Å². The number of rotatable bonds is 6. The van der Waals surface area contributed by atoms with E-state index < -0.39 is 0 Å². The number of aliphatic hydroxyl groups excluding tert-OH is 1. The number of pyridine rings is 1. The Morgan fingerprint density at radius 1 is 1.28 bits per heavy atom. The van der Waals surface area contributed by atoms with Gasteiger partial charge in [-0.3, -0.25) is 4.79 Å². The number of nitrogens with zero attached hydrogens (tertiary/aromatic N) is 4. The van der Waals surface area contributed by atoms with E-state index in [1.807, 2.05) is 6.92 Å². The van der Waals surface area contributed by atoms with Crippen LogP contribution in [0, 0.1) is 18.7 Å². The van der Waals surface area contributed by atoms with Crippen molar-refractivity contribution < 1.29 is 14.3 Å². The number of carbonyl (C=O) groups is 1. The molecule has 1 saturated heterocycles. The first-order valence-corrected chi connectivity index (χ1v) is 10.8. The van der Waals surface area contributed by atoms with Crippen LogP contribution in [0.15, 0.2) is 42.6 Å². The number of carbonyl (C=O) groups excluding carboxylic acids is 1. The highest BCUT2D eigenvalue weighted by molar-refractivity contribution is 5.99. The fourth-order valence-electron chi connectivity index (χ4n) is 4.09. The SMILES string of the molecule is Cc1cnc(CN(C)C(=O)c2ccc(-c3ccc(F)cc3)nc2N2CCCC(CO)C2)[nH]1. The van der Waals surface area contributed by atoms with Crippen LogP contribution in [0.1, 0.15) is 34.7 Å². The van der Waals surface area contributed by atoms with Crippen LogP contribution >= 0.6 is 0 Å². The number of benzene rings is 1. The van der Waals surface area contributed by atoms with E-state index in [1.54, 1.807) is 42.4 Å². The second-order valence-corrected chi connectivity index (χ2v) is 8.39. The third-order valence-corrected chi connectivity index (χ3v) is 5.81. The maximum absolute atomic E-state index is 13.4. The lowest BCUT2D eigenvalue weighted by Crippen LogP contribution is -2.39. The molecule has 0 saturated carbocycles. The van der Waals surface area contributed by atoms with Crippen molar-refractivity contribution in [1.82, 2.24) is 19.9 Å². The Kier molecular flexibility index (Phi) is 6.50. The van der Waals surface area contributed by atoms with Crippen molar-refractivity contribution >= 4 is 11.7 Å². The van der Waals surface area contributed by atoms with E-state index in [4.69, 9.17) is 4.98 Å². The van der Waals surface area contributed by atoms with Gasteiger partial charge in [0, 0.05) is 44.2 Å². The number of halogens is 1. The highest BCUT2D eigenvalue weighted by Crippen LogP contribution is 2.29. The van der Waals surface area contributed by atoms with Crippen LogP contribution in [-0.4, -0.2) is 57.6 Å². The first kappa shape index (κ1) is 22.0. The van der Waals surface area contributed by atoms with Crippen LogP contribution < -0.4 is 4.90 Å². The summed E-state index contributed by atoms with van der Waals surface area (Å²) in [5.74, 6) is 0.995. The van der Waals surface area contributed by atoms with Crippen molar-refractivity contribution in [2.45, 2.75) is 26.3 Å². The number of anilines is 1. The number of imidazole rings is 1. The zero-order valence-electron chi connectivity index (χ0n) is 18.4. The molecule has 3 aromatic rings. The lowest BCUT2D eigenvalue weighted by atomic mass is 9.98. The summed E-state index contributed by atoms with van der Waals surface area (Å²) in [5.41, 5.74) is 2.89. The Balaban J connectivity index is 1.68. The van der Waals surface area contributed by atoms with Crippen LogP contribution in [-0.2, 0) is 6.54 Å². The molecule has 0 spiro atoms. The van der Waals surface area contributed by atoms with Crippen molar-refractivity contribution in [3.63, 3.8) is 0 Å². The number of amides is 1. The van der Waals surface area contributed by atoms with Gasteiger partial charge in [-0.05, 0) is 62.1 Å². The van der Waals surface area contributed by atoms with Crippen molar-refractivity contribution in [3.8, 4) is 11.3 Å². The molecule has 1 amide bonds. The zero-order valence-corrected chi connectivity index (χ0v) is 18.4. The second-order valence-electron chi connectivity index (χ2n) is 8.39. The number of aromatic nitrogens is 3. The number of H-pyrrole nitrogens is 1. The van der Waals surface area contributed by atoms with Crippen LogP contribution in [0.25, 0.3) is 11.3 Å². The number of nitrogens with one attached hydrogen (secondary N) is 1. The predicted octanol–water partition coefficient (Wildman–Crippen LogP) is 3.40. The number of aryl methyl sites for hydroxylation is 1. The van der Waals surface area contributed by atoms with Gasteiger partial charge in [-0.25, -0.2) is 14.4 Å². The molecule has 8 heteroatoms.